The third-order valence-corrected chi connectivity index (χ3v) is 12.3. The van der Waals surface area contributed by atoms with E-state index in [1.807, 2.05) is 23.5 Å². The molecular formula is C32H30ClF2N11O8S2. The minimum Gasteiger partial charge on any atom is -0.365 e. The van der Waals surface area contributed by atoms with E-state index in [0.29, 0.717) is 35.8 Å². The van der Waals surface area contributed by atoms with E-state index in [1.54, 1.807) is 12.1 Å². The van der Waals surface area contributed by atoms with Gasteiger partial charge in [-0.05, 0) is 121 Å². The molecule has 4 aromatic heterocycles. The van der Waals surface area contributed by atoms with Crippen molar-refractivity contribution in [2.45, 2.75) is 24.9 Å². The van der Waals surface area contributed by atoms with Crippen molar-refractivity contribution in [3.63, 3.8) is 0 Å². The summed E-state index contributed by atoms with van der Waals surface area (Å²) in [4.78, 5) is 34.3. The van der Waals surface area contributed by atoms with E-state index in [-0.39, 0.29) is 41.6 Å². The zero-order valence-corrected chi connectivity index (χ0v) is 31.2. The van der Waals surface area contributed by atoms with Gasteiger partial charge in [-0.15, -0.1) is 17.0 Å². The van der Waals surface area contributed by atoms with Gasteiger partial charge in [0.2, 0.25) is 17.5 Å². The van der Waals surface area contributed by atoms with Crippen molar-refractivity contribution in [3.8, 4) is 23.0 Å². The normalized spacial score (nSPS) is 17.8. The molecule has 0 unspecified atom stereocenters. The van der Waals surface area contributed by atoms with Crippen LogP contribution in [-0.4, -0.2) is 81.1 Å². The number of hydrogen-bond acceptors (Lipinski definition) is 18. The van der Waals surface area contributed by atoms with Crippen molar-refractivity contribution in [3.05, 3.63) is 102 Å². The summed E-state index contributed by atoms with van der Waals surface area (Å²) in [7, 11) is 0. The van der Waals surface area contributed by atoms with Crippen molar-refractivity contribution in [1.82, 2.24) is 40.1 Å². The summed E-state index contributed by atoms with van der Waals surface area (Å²) in [5.41, 5.74) is 8.49. The lowest BCUT2D eigenvalue weighted by atomic mass is 9.83. The first kappa shape index (κ1) is 38.9. The zero-order valence-electron chi connectivity index (χ0n) is 28.8. The fourth-order valence-corrected chi connectivity index (χ4v) is 7.94. The van der Waals surface area contributed by atoms with Gasteiger partial charge in [-0.1, -0.05) is 22.4 Å². The Morgan fingerprint density at radius 2 is 1.30 bits per heavy atom. The first-order chi connectivity index (χ1) is 26.7. The van der Waals surface area contributed by atoms with Crippen LogP contribution in [0.25, 0.3) is 23.0 Å². The van der Waals surface area contributed by atoms with Crippen LogP contribution in [0.3, 0.4) is 0 Å². The third-order valence-electron chi connectivity index (χ3n) is 9.52. The number of halogens is 3. The van der Waals surface area contributed by atoms with Gasteiger partial charge in [0.25, 0.3) is 5.69 Å². The first-order valence-electron chi connectivity index (χ1n) is 16.8. The van der Waals surface area contributed by atoms with Crippen molar-refractivity contribution in [2.75, 3.05) is 41.4 Å². The molecule has 0 radical (unpaired) electrons. The van der Waals surface area contributed by atoms with Crippen LogP contribution < -0.4 is 22.6 Å². The summed E-state index contributed by atoms with van der Waals surface area (Å²) >= 11 is 3.88. The van der Waals surface area contributed by atoms with Crippen LogP contribution in [0.2, 0.25) is 0 Å². The van der Waals surface area contributed by atoms with Crippen LogP contribution in [0.15, 0.2) is 64.3 Å². The molecule has 0 bridgehead atoms. The Balaban J connectivity index is 0.000000148. The molecule has 2 saturated heterocycles. The largest absolute Gasteiger partial charge is 0.446 e. The Labute approximate surface area is 327 Å². The Hall–Kier alpha value is -5.39. The number of rotatable bonds is 9. The summed E-state index contributed by atoms with van der Waals surface area (Å²) in [6.07, 6.45) is 1.03. The van der Waals surface area contributed by atoms with Gasteiger partial charge in [0, 0.05) is 6.54 Å². The summed E-state index contributed by atoms with van der Waals surface area (Å²) in [5.74, 6) is 3.75. The number of aromatic nitrogens is 8. The molecule has 24 heteroatoms. The van der Waals surface area contributed by atoms with Crippen molar-refractivity contribution >= 4 is 47.6 Å². The maximum Gasteiger partial charge on any atom is 0.446 e. The second-order valence-corrected chi connectivity index (χ2v) is 15.1. The van der Waals surface area contributed by atoms with Crippen LogP contribution in [0.1, 0.15) is 34.3 Å². The number of thioether (sulfide) groups is 2. The van der Waals surface area contributed by atoms with Crippen molar-refractivity contribution in [2.24, 2.45) is 17.6 Å². The number of fused-ring (bicyclic) bond motifs is 2. The highest BCUT2D eigenvalue weighted by molar-refractivity contribution is 8.00. The van der Waals surface area contributed by atoms with Crippen LogP contribution >= 0.6 is 35.9 Å². The molecule has 0 saturated carbocycles. The average Bonchev–Trinajstić information content (AvgIpc) is 3.92. The molecule has 6 heterocycles. The minimum atomic E-state index is -0.836. The van der Waals surface area contributed by atoms with E-state index in [9.17, 15) is 28.5 Å². The molecule has 2 fully saturated rings. The van der Waals surface area contributed by atoms with Gasteiger partial charge >= 0.3 is 17.3 Å². The Morgan fingerprint density at radius 1 is 0.786 bits per heavy atom. The van der Waals surface area contributed by atoms with E-state index in [1.165, 1.54) is 40.3 Å². The highest BCUT2D eigenvalue weighted by atomic mass is 35.5. The fourth-order valence-electron chi connectivity index (χ4n) is 6.30. The first-order valence-corrected chi connectivity index (χ1v) is 19.1. The summed E-state index contributed by atoms with van der Waals surface area (Å²) in [6.45, 7) is 1.64. The average molecular weight is 834 g/mol. The van der Waals surface area contributed by atoms with Gasteiger partial charge in [0.05, 0.1) is 12.1 Å². The molecule has 294 valence electrons. The van der Waals surface area contributed by atoms with Gasteiger partial charge in [0.1, 0.15) is 11.6 Å². The molecule has 2 aliphatic heterocycles. The molecular weight excluding hydrogens is 804 g/mol. The minimum absolute atomic E-state index is 0. The van der Waals surface area contributed by atoms with Gasteiger partial charge in [-0.2, -0.15) is 23.5 Å². The highest BCUT2D eigenvalue weighted by Crippen LogP contribution is 2.40. The quantitative estimate of drug-likeness (QED) is 0.155. The fraction of sp³-hybridized carbons (Fsp3) is 0.375. The lowest BCUT2D eigenvalue weighted by molar-refractivity contribution is -0.390. The highest BCUT2D eigenvalue weighted by Gasteiger charge is 2.37. The molecule has 3 N–H and O–H groups in total. The lowest BCUT2D eigenvalue weighted by Crippen LogP contribution is -2.31. The smallest absolute Gasteiger partial charge is 0.365 e. The van der Waals surface area contributed by atoms with E-state index >= 15 is 0 Å². The summed E-state index contributed by atoms with van der Waals surface area (Å²) < 4.78 is 48.1. The van der Waals surface area contributed by atoms with Crippen molar-refractivity contribution in [1.29, 1.82) is 0 Å². The molecule has 4 aliphatic rings. The number of hydrogen-bond donors (Lipinski definition) is 2. The van der Waals surface area contributed by atoms with Gasteiger partial charge in [-0.25, -0.2) is 32.1 Å². The number of anilines is 1. The number of nitrogens with one attached hydrogen (secondary N) is 1. The molecule has 56 heavy (non-hydrogen) atoms. The Kier molecular flexibility index (Phi) is 11.4. The number of nitrogens with two attached hydrogens (primary N) is 1. The van der Waals surface area contributed by atoms with Crippen LogP contribution in [-0.2, 0) is 12.8 Å². The number of nitro groups is 1. The lowest BCUT2D eigenvalue weighted by Gasteiger charge is -2.30. The molecule has 6 aromatic rings. The molecule has 10 rings (SSSR count). The predicted molar refractivity (Wildman–Crippen MR) is 198 cm³/mol. The topological polar surface area (TPSA) is 255 Å². The van der Waals surface area contributed by atoms with Gasteiger partial charge in [-0.3, -0.25) is 9.05 Å². The SMILES string of the molecule is Cl.NCC1CSC1.O=c1onc(-c2nonc2NCC2CSC2)n1[C@H]1Cc2ccc(F)cc21.O=c1onc(-c2nonc2[N+](=O)[O-])n1[C@H]1Cc2ccc(F)cc21. The second-order valence-electron chi connectivity index (χ2n) is 13.0. The maximum absolute atomic E-state index is 13.6. The van der Waals surface area contributed by atoms with Crippen molar-refractivity contribution < 1.29 is 32.0 Å². The van der Waals surface area contributed by atoms with Crippen LogP contribution in [0.5, 0.6) is 0 Å². The van der Waals surface area contributed by atoms with Gasteiger partial charge < -0.3 is 21.2 Å². The third kappa shape index (κ3) is 7.45. The summed E-state index contributed by atoms with van der Waals surface area (Å²) in [6, 6.07) is 7.89. The monoisotopic (exact) mass is 833 g/mol. The second kappa shape index (κ2) is 16.4. The maximum atomic E-state index is 13.6. The molecule has 0 spiro atoms. The summed E-state index contributed by atoms with van der Waals surface area (Å²) in [5, 5.41) is 35.8. The molecule has 2 aromatic carbocycles. The Morgan fingerprint density at radius 3 is 1.79 bits per heavy atom. The number of nitrogens with zero attached hydrogens (tertiary/aromatic N) is 9. The molecule has 0 amide bonds. The molecule has 2 atom stereocenters. The Bertz CT molecular complexity index is 2480. The van der Waals surface area contributed by atoms with Crippen LogP contribution in [0, 0.1) is 33.6 Å². The number of benzene rings is 2. The van der Waals surface area contributed by atoms with E-state index in [4.69, 9.17) is 14.9 Å². The molecule has 2 aliphatic carbocycles. The predicted octanol–water partition coefficient (Wildman–Crippen LogP) is 3.75. The van der Waals surface area contributed by atoms with E-state index in [0.717, 1.165) is 51.8 Å². The molecule has 19 nitrogen and oxygen atoms in total. The standard InChI is InChI=1S/C16H14FN5O3S.C12H6FN5O5.C4H9NS.ClH/c17-10-2-1-9-3-12(11(9)4-10)22-15(21-24-16(22)23)13-14(20-25-19-13)18-5-8-6-26-7-8;13-6-2-1-5-3-8(7(5)4-6)17-10(15-22-12(17)19)9-11(18(20)21)16-23-14-9;5-1-4-2-6-3-4;/h1-2,4,8,12H,3,5-7H2,(H,18,20);1-2,4,8H,3H2;4H,1-3,5H2;1H/t12-;8-;;/m00../s1. The van der Waals surface area contributed by atoms with Gasteiger partial charge in [0.15, 0.2) is 10.9 Å². The zero-order chi connectivity index (χ0) is 38.2. The van der Waals surface area contributed by atoms with E-state index in [2.05, 4.69) is 45.4 Å². The van der Waals surface area contributed by atoms with Crippen LogP contribution in [0.4, 0.5) is 20.4 Å². The van der Waals surface area contributed by atoms with E-state index < -0.39 is 34.1 Å².